The van der Waals surface area contributed by atoms with E-state index < -0.39 is 0 Å². The molecular formula is C13H16N2S. The van der Waals surface area contributed by atoms with Gasteiger partial charge in [-0.3, -0.25) is 0 Å². The van der Waals surface area contributed by atoms with Crippen LogP contribution < -0.4 is 5.73 Å². The van der Waals surface area contributed by atoms with E-state index in [1.807, 2.05) is 12.3 Å². The Kier molecular flexibility index (Phi) is 3.70. The van der Waals surface area contributed by atoms with E-state index in [0.29, 0.717) is 12.5 Å². The number of nitrogens with two attached hydrogens (primary N) is 1. The standard InChI is InChI=1S/C13H16N2S/c1-10(8-14)13-15-9-12(16-13)7-11-5-3-2-4-6-11/h2-6,9-10H,7-8,14H2,1H3. The van der Waals surface area contributed by atoms with E-state index in [4.69, 9.17) is 5.73 Å². The number of benzene rings is 1. The Balaban J connectivity index is 2.09. The first kappa shape index (κ1) is 11.3. The maximum Gasteiger partial charge on any atom is 0.0968 e. The third-order valence-corrected chi connectivity index (χ3v) is 3.80. The van der Waals surface area contributed by atoms with E-state index in [0.717, 1.165) is 11.4 Å². The molecule has 84 valence electrons. The van der Waals surface area contributed by atoms with Gasteiger partial charge in [-0.15, -0.1) is 11.3 Å². The fourth-order valence-electron chi connectivity index (χ4n) is 1.53. The zero-order valence-electron chi connectivity index (χ0n) is 9.39. The lowest BCUT2D eigenvalue weighted by Crippen LogP contribution is -2.08. The van der Waals surface area contributed by atoms with E-state index >= 15 is 0 Å². The molecule has 2 N–H and O–H groups in total. The topological polar surface area (TPSA) is 38.9 Å². The van der Waals surface area contributed by atoms with Gasteiger partial charge in [0.15, 0.2) is 0 Å². The fraction of sp³-hybridized carbons (Fsp3) is 0.308. The molecule has 0 saturated heterocycles. The first-order chi connectivity index (χ1) is 7.79. The molecule has 2 rings (SSSR count). The van der Waals surface area contributed by atoms with E-state index in [9.17, 15) is 0 Å². The fourth-order valence-corrected chi connectivity index (χ4v) is 2.55. The molecule has 0 aliphatic rings. The number of thiazole rings is 1. The van der Waals surface area contributed by atoms with Crippen LogP contribution in [0.4, 0.5) is 0 Å². The number of hydrogen-bond donors (Lipinski definition) is 1. The Morgan fingerprint density at radius 3 is 2.75 bits per heavy atom. The van der Waals surface area contributed by atoms with Gasteiger partial charge in [-0.05, 0) is 5.56 Å². The molecule has 1 aromatic carbocycles. The van der Waals surface area contributed by atoms with Crippen LogP contribution in [0.5, 0.6) is 0 Å². The quantitative estimate of drug-likeness (QED) is 0.880. The number of hydrogen-bond acceptors (Lipinski definition) is 3. The summed E-state index contributed by atoms with van der Waals surface area (Å²) >= 11 is 1.77. The lowest BCUT2D eigenvalue weighted by atomic mass is 10.1. The largest absolute Gasteiger partial charge is 0.330 e. The summed E-state index contributed by atoms with van der Waals surface area (Å²) in [5, 5.41) is 1.15. The highest BCUT2D eigenvalue weighted by atomic mass is 32.1. The monoisotopic (exact) mass is 232 g/mol. The van der Waals surface area contributed by atoms with Gasteiger partial charge in [0.25, 0.3) is 0 Å². The van der Waals surface area contributed by atoms with E-state index in [2.05, 4.69) is 36.2 Å². The molecule has 16 heavy (non-hydrogen) atoms. The van der Waals surface area contributed by atoms with Crippen LogP contribution in [-0.2, 0) is 6.42 Å². The second-order valence-corrected chi connectivity index (χ2v) is 5.11. The molecule has 1 unspecified atom stereocenters. The lowest BCUT2D eigenvalue weighted by molar-refractivity contribution is 0.766. The molecular weight excluding hydrogens is 216 g/mol. The van der Waals surface area contributed by atoms with Crippen molar-refractivity contribution in [3.05, 3.63) is 52.0 Å². The van der Waals surface area contributed by atoms with Crippen LogP contribution in [-0.4, -0.2) is 11.5 Å². The third kappa shape index (κ3) is 2.68. The lowest BCUT2D eigenvalue weighted by Gasteiger charge is -2.01. The Hall–Kier alpha value is -1.19. The van der Waals surface area contributed by atoms with Crippen LogP contribution in [0.15, 0.2) is 36.5 Å². The summed E-state index contributed by atoms with van der Waals surface area (Å²) in [6.07, 6.45) is 2.94. The predicted octanol–water partition coefficient (Wildman–Crippen LogP) is 2.80. The van der Waals surface area contributed by atoms with Crippen molar-refractivity contribution < 1.29 is 0 Å². The van der Waals surface area contributed by atoms with E-state index in [-0.39, 0.29) is 0 Å². The molecule has 0 bridgehead atoms. The van der Waals surface area contributed by atoms with Crippen molar-refractivity contribution >= 4 is 11.3 Å². The van der Waals surface area contributed by atoms with Gasteiger partial charge in [-0.2, -0.15) is 0 Å². The highest BCUT2D eigenvalue weighted by Gasteiger charge is 2.08. The maximum absolute atomic E-state index is 5.63. The summed E-state index contributed by atoms with van der Waals surface area (Å²) in [5.74, 6) is 0.370. The van der Waals surface area contributed by atoms with Gasteiger partial charge in [-0.1, -0.05) is 37.3 Å². The molecule has 2 nitrogen and oxygen atoms in total. The molecule has 0 radical (unpaired) electrons. The highest BCUT2D eigenvalue weighted by Crippen LogP contribution is 2.22. The minimum absolute atomic E-state index is 0.370. The molecule has 3 heteroatoms. The number of aromatic nitrogens is 1. The zero-order valence-corrected chi connectivity index (χ0v) is 10.2. The second kappa shape index (κ2) is 5.23. The van der Waals surface area contributed by atoms with Gasteiger partial charge >= 0.3 is 0 Å². The highest BCUT2D eigenvalue weighted by molar-refractivity contribution is 7.11. The van der Waals surface area contributed by atoms with Crippen molar-refractivity contribution in [3.8, 4) is 0 Å². The molecule has 1 atom stereocenters. The Morgan fingerprint density at radius 1 is 1.31 bits per heavy atom. The molecule has 0 aliphatic heterocycles. The zero-order chi connectivity index (χ0) is 11.4. The average Bonchev–Trinajstić information content (AvgIpc) is 2.78. The number of nitrogens with zero attached hydrogens (tertiary/aromatic N) is 1. The molecule has 1 aromatic heterocycles. The Labute approximate surface area is 100 Å². The van der Waals surface area contributed by atoms with Gasteiger partial charge in [0.05, 0.1) is 5.01 Å². The minimum Gasteiger partial charge on any atom is -0.330 e. The van der Waals surface area contributed by atoms with Gasteiger partial charge < -0.3 is 5.73 Å². The van der Waals surface area contributed by atoms with Crippen molar-refractivity contribution in [3.63, 3.8) is 0 Å². The van der Waals surface area contributed by atoms with Crippen molar-refractivity contribution in [1.29, 1.82) is 0 Å². The molecule has 2 aromatic rings. The summed E-state index contributed by atoms with van der Waals surface area (Å²) < 4.78 is 0. The molecule has 0 fully saturated rings. The molecule has 0 aliphatic carbocycles. The van der Waals surface area contributed by atoms with E-state index in [1.165, 1.54) is 10.4 Å². The van der Waals surface area contributed by atoms with Crippen molar-refractivity contribution in [2.24, 2.45) is 5.73 Å². The van der Waals surface area contributed by atoms with Crippen molar-refractivity contribution in [2.75, 3.05) is 6.54 Å². The average molecular weight is 232 g/mol. The van der Waals surface area contributed by atoms with Crippen LogP contribution >= 0.6 is 11.3 Å². The normalized spacial score (nSPS) is 12.6. The second-order valence-electron chi connectivity index (χ2n) is 3.96. The van der Waals surface area contributed by atoms with E-state index in [1.54, 1.807) is 11.3 Å². The molecule has 0 saturated carbocycles. The predicted molar refractivity (Wildman–Crippen MR) is 68.8 cm³/mol. The van der Waals surface area contributed by atoms with Crippen molar-refractivity contribution in [1.82, 2.24) is 4.98 Å². The molecule has 0 spiro atoms. The summed E-state index contributed by atoms with van der Waals surface area (Å²) in [7, 11) is 0. The van der Waals surface area contributed by atoms with Crippen molar-refractivity contribution in [2.45, 2.75) is 19.3 Å². The minimum atomic E-state index is 0.370. The van der Waals surface area contributed by atoms with Crippen LogP contribution in [0.3, 0.4) is 0 Å². The van der Waals surface area contributed by atoms with Gasteiger partial charge in [-0.25, -0.2) is 4.98 Å². The van der Waals surface area contributed by atoms with Gasteiger partial charge in [0, 0.05) is 30.0 Å². The summed E-state index contributed by atoms with van der Waals surface area (Å²) in [6.45, 7) is 2.78. The van der Waals surface area contributed by atoms with Crippen LogP contribution in [0.25, 0.3) is 0 Å². The van der Waals surface area contributed by atoms with Crippen LogP contribution in [0.2, 0.25) is 0 Å². The molecule has 0 amide bonds. The Bertz CT molecular complexity index is 436. The smallest absolute Gasteiger partial charge is 0.0968 e. The third-order valence-electron chi connectivity index (χ3n) is 2.57. The summed E-state index contributed by atoms with van der Waals surface area (Å²) in [4.78, 5) is 5.73. The van der Waals surface area contributed by atoms with Gasteiger partial charge in [0.2, 0.25) is 0 Å². The Morgan fingerprint density at radius 2 is 2.06 bits per heavy atom. The molecule has 1 heterocycles. The van der Waals surface area contributed by atoms with Gasteiger partial charge in [0.1, 0.15) is 0 Å². The summed E-state index contributed by atoms with van der Waals surface area (Å²) in [6, 6.07) is 10.5. The first-order valence-electron chi connectivity index (χ1n) is 5.48. The number of rotatable bonds is 4. The SMILES string of the molecule is CC(CN)c1ncc(Cc2ccccc2)s1. The first-order valence-corrected chi connectivity index (χ1v) is 6.30. The van der Waals surface area contributed by atoms with Crippen LogP contribution in [0, 0.1) is 0 Å². The summed E-state index contributed by atoms with van der Waals surface area (Å²) in [5.41, 5.74) is 6.96. The van der Waals surface area contributed by atoms with Crippen LogP contribution in [0.1, 0.15) is 28.3 Å². The maximum atomic E-state index is 5.63.